The largest absolute Gasteiger partial charge is 0.298 e. The number of allylic oxidation sites excluding steroid dienone is 1. The van der Waals surface area contributed by atoms with Crippen LogP contribution in [-0.4, -0.2) is 35.6 Å². The minimum absolute atomic E-state index is 0.0753. The topological polar surface area (TPSA) is 37.4 Å². The number of hydrogen-bond donors (Lipinski definition) is 0. The first kappa shape index (κ1) is 9.59. The summed E-state index contributed by atoms with van der Waals surface area (Å²) in [4.78, 5) is 25.2. The highest BCUT2D eigenvalue weighted by molar-refractivity contribution is 6.05. The minimum atomic E-state index is -0.170. The molecule has 3 heteroatoms. The van der Waals surface area contributed by atoms with Crippen molar-refractivity contribution in [2.45, 2.75) is 32.4 Å². The number of rotatable bonds is 1. The molecule has 0 radical (unpaired) electrons. The molecule has 0 aromatic heterocycles. The van der Waals surface area contributed by atoms with Gasteiger partial charge in [0.25, 0.3) is 0 Å². The van der Waals surface area contributed by atoms with Crippen molar-refractivity contribution in [2.24, 2.45) is 5.92 Å². The highest BCUT2D eigenvalue weighted by Crippen LogP contribution is 2.42. The third-order valence-corrected chi connectivity index (χ3v) is 3.50. The van der Waals surface area contributed by atoms with Gasteiger partial charge in [0.2, 0.25) is 0 Å². The summed E-state index contributed by atoms with van der Waals surface area (Å²) in [6.07, 6.45) is 2.72. The fourth-order valence-electron chi connectivity index (χ4n) is 2.89. The lowest BCUT2D eigenvalue weighted by molar-refractivity contribution is -0.129. The van der Waals surface area contributed by atoms with Crippen LogP contribution in [0, 0.1) is 5.92 Å². The lowest BCUT2D eigenvalue weighted by Crippen LogP contribution is -2.46. The van der Waals surface area contributed by atoms with Crippen LogP contribution in [0.5, 0.6) is 0 Å². The van der Waals surface area contributed by atoms with Crippen LogP contribution in [0.1, 0.15) is 20.3 Å². The molecule has 14 heavy (non-hydrogen) atoms. The van der Waals surface area contributed by atoms with Gasteiger partial charge in [0.15, 0.2) is 5.78 Å². The van der Waals surface area contributed by atoms with Crippen LogP contribution in [0.4, 0.5) is 0 Å². The Hall–Kier alpha value is -0.960. The molecule has 3 nitrogen and oxygen atoms in total. The molecule has 2 aliphatic rings. The van der Waals surface area contributed by atoms with Crippen LogP contribution in [0.3, 0.4) is 0 Å². The van der Waals surface area contributed by atoms with E-state index in [9.17, 15) is 9.59 Å². The maximum atomic E-state index is 11.8. The predicted molar refractivity (Wildman–Crippen MR) is 52.9 cm³/mol. The fourth-order valence-corrected chi connectivity index (χ4v) is 2.89. The summed E-state index contributed by atoms with van der Waals surface area (Å²) in [6.45, 7) is 3.47. The number of likely N-dealkylation sites (tertiary alicyclic amines) is 1. The van der Waals surface area contributed by atoms with Crippen LogP contribution >= 0.6 is 0 Å². The van der Waals surface area contributed by atoms with Crippen LogP contribution < -0.4 is 0 Å². The van der Waals surface area contributed by atoms with Gasteiger partial charge in [-0.1, -0.05) is 6.08 Å². The molecule has 1 unspecified atom stereocenters. The van der Waals surface area contributed by atoms with Crippen molar-refractivity contribution in [3.8, 4) is 0 Å². The molecule has 1 heterocycles. The molecule has 1 aliphatic carbocycles. The Kier molecular flexibility index (Phi) is 2.07. The van der Waals surface area contributed by atoms with E-state index < -0.39 is 0 Å². The van der Waals surface area contributed by atoms with E-state index in [1.165, 1.54) is 0 Å². The van der Waals surface area contributed by atoms with E-state index in [2.05, 4.69) is 0 Å². The number of fused-ring (bicyclic) bond motifs is 2. The molecule has 0 amide bonds. The van der Waals surface area contributed by atoms with E-state index in [1.54, 1.807) is 6.92 Å². The molecule has 2 fully saturated rings. The average molecular weight is 193 g/mol. The van der Waals surface area contributed by atoms with Crippen molar-refractivity contribution in [2.75, 3.05) is 7.05 Å². The van der Waals surface area contributed by atoms with Crippen molar-refractivity contribution < 1.29 is 9.59 Å². The summed E-state index contributed by atoms with van der Waals surface area (Å²) in [5.74, 6) is 0.230. The Morgan fingerprint density at radius 3 is 2.71 bits per heavy atom. The Morgan fingerprint density at radius 1 is 1.57 bits per heavy atom. The fraction of sp³-hybridized carbons (Fsp3) is 0.636. The monoisotopic (exact) mass is 193 g/mol. The van der Waals surface area contributed by atoms with Crippen molar-refractivity contribution in [3.63, 3.8) is 0 Å². The van der Waals surface area contributed by atoms with E-state index in [1.807, 2.05) is 24.9 Å². The Bertz CT molecular complexity index is 332. The van der Waals surface area contributed by atoms with Gasteiger partial charge in [-0.15, -0.1) is 0 Å². The zero-order chi connectivity index (χ0) is 10.5. The number of piperidine rings is 1. The normalized spacial score (nSPS) is 39.8. The van der Waals surface area contributed by atoms with Gasteiger partial charge < -0.3 is 0 Å². The summed E-state index contributed by atoms with van der Waals surface area (Å²) in [7, 11) is 1.94. The third-order valence-electron chi connectivity index (χ3n) is 3.50. The number of ketones is 2. The molecule has 2 rings (SSSR count). The summed E-state index contributed by atoms with van der Waals surface area (Å²) >= 11 is 0. The summed E-state index contributed by atoms with van der Waals surface area (Å²) in [5, 5.41) is 0. The molecule has 0 N–H and O–H groups in total. The zero-order valence-corrected chi connectivity index (χ0v) is 8.78. The van der Waals surface area contributed by atoms with Crippen LogP contribution in [0.25, 0.3) is 0 Å². The Labute approximate surface area is 83.8 Å². The average Bonchev–Trinajstić information content (AvgIpc) is 2.59. The third kappa shape index (κ3) is 1.02. The van der Waals surface area contributed by atoms with Crippen molar-refractivity contribution >= 4 is 11.6 Å². The second kappa shape index (κ2) is 3.02. The highest BCUT2D eigenvalue weighted by atomic mass is 16.1. The first-order valence-electron chi connectivity index (χ1n) is 5.00. The molecule has 76 valence electrons. The Morgan fingerprint density at radius 2 is 2.21 bits per heavy atom. The van der Waals surface area contributed by atoms with Gasteiger partial charge in [-0.2, -0.15) is 0 Å². The van der Waals surface area contributed by atoms with Gasteiger partial charge in [0.05, 0.1) is 6.04 Å². The molecule has 0 aromatic rings. The molecule has 1 aliphatic heterocycles. The number of carbonyl (C=O) groups is 2. The molecule has 1 saturated heterocycles. The second-order valence-corrected chi connectivity index (χ2v) is 4.19. The SMILES string of the molecule is C/C=C1/C(=O)[C@H]2C[C@@H]1N(C)C2C(C)=O. The van der Waals surface area contributed by atoms with Crippen molar-refractivity contribution in [3.05, 3.63) is 11.6 Å². The van der Waals surface area contributed by atoms with Gasteiger partial charge in [-0.25, -0.2) is 0 Å². The van der Waals surface area contributed by atoms with Gasteiger partial charge in [-0.05, 0) is 27.3 Å². The minimum Gasteiger partial charge on any atom is -0.298 e. The van der Waals surface area contributed by atoms with E-state index in [0.717, 1.165) is 12.0 Å². The second-order valence-electron chi connectivity index (χ2n) is 4.19. The molecular weight excluding hydrogens is 178 g/mol. The smallest absolute Gasteiger partial charge is 0.165 e. The summed E-state index contributed by atoms with van der Waals surface area (Å²) < 4.78 is 0. The van der Waals surface area contributed by atoms with E-state index in [-0.39, 0.29) is 29.6 Å². The van der Waals surface area contributed by atoms with Crippen LogP contribution in [-0.2, 0) is 9.59 Å². The molecule has 1 saturated carbocycles. The number of Topliss-reactive ketones (excluding diaryl/α,β-unsaturated/α-hetero) is 2. The molecule has 2 bridgehead atoms. The van der Waals surface area contributed by atoms with Crippen molar-refractivity contribution in [1.29, 1.82) is 0 Å². The van der Waals surface area contributed by atoms with E-state index in [4.69, 9.17) is 0 Å². The lowest BCUT2D eigenvalue weighted by atomic mass is 9.93. The van der Waals surface area contributed by atoms with E-state index in [0.29, 0.717) is 0 Å². The first-order chi connectivity index (χ1) is 6.57. The van der Waals surface area contributed by atoms with Gasteiger partial charge in [0.1, 0.15) is 5.78 Å². The number of nitrogens with zero attached hydrogens (tertiary/aromatic N) is 1. The van der Waals surface area contributed by atoms with Crippen LogP contribution in [0.2, 0.25) is 0 Å². The number of hydrogen-bond acceptors (Lipinski definition) is 3. The number of carbonyl (C=O) groups excluding carboxylic acids is 2. The van der Waals surface area contributed by atoms with Crippen molar-refractivity contribution in [1.82, 2.24) is 4.90 Å². The summed E-state index contributed by atoms with van der Waals surface area (Å²) in [6, 6.07) is 0.0163. The molecule has 0 aromatic carbocycles. The lowest BCUT2D eigenvalue weighted by Gasteiger charge is -2.30. The quantitative estimate of drug-likeness (QED) is 0.578. The maximum absolute atomic E-state index is 11.8. The van der Waals surface area contributed by atoms with Gasteiger partial charge in [-0.3, -0.25) is 14.5 Å². The number of likely N-dealkylation sites (N-methyl/N-ethyl adjacent to an activating group) is 1. The van der Waals surface area contributed by atoms with Gasteiger partial charge >= 0.3 is 0 Å². The Balaban J connectivity index is 2.35. The predicted octanol–water partition coefficient (Wildman–Crippen LogP) is 0.793. The highest BCUT2D eigenvalue weighted by Gasteiger charge is 2.53. The molecule has 0 spiro atoms. The molecular formula is C11H15NO2. The van der Waals surface area contributed by atoms with E-state index >= 15 is 0 Å². The maximum Gasteiger partial charge on any atom is 0.165 e. The van der Waals surface area contributed by atoms with Crippen LogP contribution in [0.15, 0.2) is 11.6 Å². The summed E-state index contributed by atoms with van der Waals surface area (Å²) in [5.41, 5.74) is 0.898. The zero-order valence-electron chi connectivity index (χ0n) is 8.78. The standard InChI is InChI=1S/C11H15NO2/c1-4-7-9-5-8(11(7)14)10(6(2)13)12(9)3/h4,8-10H,5H2,1-3H3/b7-4+/t8-,9-,10?/m0/s1. The molecule has 3 atom stereocenters. The first-order valence-corrected chi connectivity index (χ1v) is 5.00. The van der Waals surface area contributed by atoms with Gasteiger partial charge in [0, 0.05) is 17.5 Å².